The van der Waals surface area contributed by atoms with Gasteiger partial charge in [0.25, 0.3) is 0 Å². The first-order valence-electron chi connectivity index (χ1n) is 7.29. The van der Waals surface area contributed by atoms with E-state index in [0.29, 0.717) is 6.42 Å². The van der Waals surface area contributed by atoms with Crippen molar-refractivity contribution >= 4 is 17.2 Å². The number of thiophene rings is 1. The second kappa shape index (κ2) is 6.87. The van der Waals surface area contributed by atoms with Crippen LogP contribution in [0.5, 0.6) is 0 Å². The van der Waals surface area contributed by atoms with Gasteiger partial charge in [-0.3, -0.25) is 9.69 Å². The van der Waals surface area contributed by atoms with E-state index in [-0.39, 0.29) is 5.91 Å². The van der Waals surface area contributed by atoms with Crippen LogP contribution in [-0.2, 0) is 17.8 Å². The number of hydrogen-bond donors (Lipinski definition) is 0. The molecule has 1 amide bonds. The molecule has 0 bridgehead atoms. The number of carbonyl (C=O) groups is 1. The SMILES string of the molecule is O=C(Cc1cccs1)N1CCN(Cc2c[c]ccc2)CC1. The van der Waals surface area contributed by atoms with E-state index in [1.54, 1.807) is 11.3 Å². The lowest BCUT2D eigenvalue weighted by atomic mass is 10.2. The van der Waals surface area contributed by atoms with Crippen LogP contribution in [0.4, 0.5) is 0 Å². The van der Waals surface area contributed by atoms with Gasteiger partial charge in [-0.15, -0.1) is 11.3 Å². The molecule has 109 valence electrons. The highest BCUT2D eigenvalue weighted by molar-refractivity contribution is 7.10. The van der Waals surface area contributed by atoms with Crippen molar-refractivity contribution in [3.05, 3.63) is 58.3 Å². The summed E-state index contributed by atoms with van der Waals surface area (Å²) in [6.07, 6.45) is 0.547. The number of piperazine rings is 1. The molecule has 1 aliphatic rings. The molecule has 21 heavy (non-hydrogen) atoms. The van der Waals surface area contributed by atoms with Gasteiger partial charge in [0, 0.05) is 37.6 Å². The van der Waals surface area contributed by atoms with Gasteiger partial charge in [0.15, 0.2) is 0 Å². The van der Waals surface area contributed by atoms with Crippen LogP contribution in [-0.4, -0.2) is 41.9 Å². The molecule has 1 aliphatic heterocycles. The standard InChI is InChI=1S/C17H19N2OS/c20-17(13-16-7-4-12-21-16)19-10-8-18(9-11-19)14-15-5-2-1-3-6-15/h1-2,4-7,12H,8-11,13-14H2. The summed E-state index contributed by atoms with van der Waals surface area (Å²) in [6, 6.07) is 15.3. The Hall–Kier alpha value is -1.65. The van der Waals surface area contributed by atoms with Gasteiger partial charge in [0.2, 0.25) is 5.91 Å². The van der Waals surface area contributed by atoms with Crippen LogP contribution in [0.2, 0.25) is 0 Å². The van der Waals surface area contributed by atoms with Crippen LogP contribution >= 0.6 is 11.3 Å². The van der Waals surface area contributed by atoms with E-state index >= 15 is 0 Å². The second-order valence-electron chi connectivity index (χ2n) is 5.32. The molecule has 0 saturated carbocycles. The molecule has 1 aromatic carbocycles. The summed E-state index contributed by atoms with van der Waals surface area (Å²) in [5.41, 5.74) is 1.29. The lowest BCUT2D eigenvalue weighted by molar-refractivity contribution is -0.132. The summed E-state index contributed by atoms with van der Waals surface area (Å²) >= 11 is 1.66. The molecule has 1 aromatic heterocycles. The summed E-state index contributed by atoms with van der Waals surface area (Å²) in [6.45, 7) is 4.52. The second-order valence-corrected chi connectivity index (χ2v) is 6.36. The number of rotatable bonds is 4. The van der Waals surface area contributed by atoms with Gasteiger partial charge in [0.1, 0.15) is 0 Å². The van der Waals surface area contributed by atoms with Gasteiger partial charge in [-0.25, -0.2) is 0 Å². The molecule has 2 heterocycles. The number of carbonyl (C=O) groups excluding carboxylic acids is 1. The summed E-state index contributed by atoms with van der Waals surface area (Å²) < 4.78 is 0. The largest absolute Gasteiger partial charge is 0.340 e. The molecule has 3 rings (SSSR count). The Labute approximate surface area is 129 Å². The topological polar surface area (TPSA) is 23.6 Å². The maximum absolute atomic E-state index is 12.2. The molecule has 0 aliphatic carbocycles. The highest BCUT2D eigenvalue weighted by atomic mass is 32.1. The quantitative estimate of drug-likeness (QED) is 0.866. The van der Waals surface area contributed by atoms with E-state index in [0.717, 1.165) is 37.6 Å². The number of amides is 1. The average Bonchev–Trinajstić information content (AvgIpc) is 3.02. The molecular formula is C17H19N2OS. The summed E-state index contributed by atoms with van der Waals surface area (Å²) in [7, 11) is 0. The van der Waals surface area contributed by atoms with Crippen molar-refractivity contribution in [1.82, 2.24) is 9.80 Å². The Bertz CT molecular complexity index is 560. The van der Waals surface area contributed by atoms with Gasteiger partial charge < -0.3 is 4.90 Å². The van der Waals surface area contributed by atoms with Crippen molar-refractivity contribution in [2.75, 3.05) is 26.2 Å². The lowest BCUT2D eigenvalue weighted by Crippen LogP contribution is -2.48. The van der Waals surface area contributed by atoms with Gasteiger partial charge in [-0.1, -0.05) is 24.3 Å². The lowest BCUT2D eigenvalue weighted by Gasteiger charge is -2.34. The fraction of sp³-hybridized carbons (Fsp3) is 0.353. The van der Waals surface area contributed by atoms with Crippen LogP contribution in [0.25, 0.3) is 0 Å². The van der Waals surface area contributed by atoms with Crippen molar-refractivity contribution in [2.45, 2.75) is 13.0 Å². The number of benzene rings is 1. The minimum atomic E-state index is 0.255. The van der Waals surface area contributed by atoms with Crippen LogP contribution in [0.15, 0.2) is 41.8 Å². The van der Waals surface area contributed by atoms with Crippen molar-refractivity contribution in [3.8, 4) is 0 Å². The Kier molecular flexibility index (Phi) is 4.68. The van der Waals surface area contributed by atoms with Gasteiger partial charge in [-0.2, -0.15) is 0 Å². The molecule has 0 unspecified atom stereocenters. The van der Waals surface area contributed by atoms with Crippen LogP contribution < -0.4 is 0 Å². The average molecular weight is 299 g/mol. The van der Waals surface area contributed by atoms with E-state index in [2.05, 4.69) is 17.0 Å². The van der Waals surface area contributed by atoms with Crippen molar-refractivity contribution < 1.29 is 4.79 Å². The minimum Gasteiger partial charge on any atom is -0.340 e. The third kappa shape index (κ3) is 3.93. The van der Waals surface area contributed by atoms with Crippen molar-refractivity contribution in [3.63, 3.8) is 0 Å². The smallest absolute Gasteiger partial charge is 0.227 e. The third-order valence-corrected chi connectivity index (χ3v) is 4.68. The van der Waals surface area contributed by atoms with Crippen LogP contribution in [0, 0.1) is 6.07 Å². The fourth-order valence-corrected chi connectivity index (χ4v) is 3.31. The van der Waals surface area contributed by atoms with E-state index in [1.165, 1.54) is 5.56 Å². The summed E-state index contributed by atoms with van der Waals surface area (Å²) in [5.74, 6) is 0.255. The zero-order valence-corrected chi connectivity index (χ0v) is 12.8. The number of nitrogens with zero attached hydrogens (tertiary/aromatic N) is 2. The predicted molar refractivity (Wildman–Crippen MR) is 85.2 cm³/mol. The molecule has 0 spiro atoms. The van der Waals surface area contributed by atoms with Gasteiger partial charge in [0.05, 0.1) is 6.42 Å². The van der Waals surface area contributed by atoms with Crippen LogP contribution in [0.1, 0.15) is 10.4 Å². The highest BCUT2D eigenvalue weighted by Gasteiger charge is 2.21. The fourth-order valence-electron chi connectivity index (χ4n) is 2.62. The molecule has 4 heteroatoms. The third-order valence-electron chi connectivity index (χ3n) is 3.81. The maximum Gasteiger partial charge on any atom is 0.227 e. The van der Waals surface area contributed by atoms with Gasteiger partial charge in [-0.05, 0) is 29.1 Å². The van der Waals surface area contributed by atoms with E-state index in [4.69, 9.17) is 0 Å². The first-order chi connectivity index (χ1) is 10.3. The van der Waals surface area contributed by atoms with E-state index in [9.17, 15) is 4.79 Å². The Balaban J connectivity index is 1.47. The molecule has 3 nitrogen and oxygen atoms in total. The molecule has 0 N–H and O–H groups in total. The molecular weight excluding hydrogens is 280 g/mol. The molecule has 1 fully saturated rings. The number of hydrogen-bond acceptors (Lipinski definition) is 3. The predicted octanol–water partition coefficient (Wildman–Crippen LogP) is 2.44. The maximum atomic E-state index is 12.2. The molecule has 0 atom stereocenters. The Morgan fingerprint density at radius 2 is 2.05 bits per heavy atom. The van der Waals surface area contributed by atoms with Crippen molar-refractivity contribution in [1.29, 1.82) is 0 Å². The molecule has 1 saturated heterocycles. The minimum absolute atomic E-state index is 0.255. The van der Waals surface area contributed by atoms with E-state index < -0.39 is 0 Å². The van der Waals surface area contributed by atoms with E-state index in [1.807, 2.05) is 40.6 Å². The summed E-state index contributed by atoms with van der Waals surface area (Å²) in [5, 5.41) is 2.03. The van der Waals surface area contributed by atoms with Gasteiger partial charge >= 0.3 is 0 Å². The zero-order valence-electron chi connectivity index (χ0n) is 12.0. The molecule has 2 aromatic rings. The Morgan fingerprint density at radius 3 is 2.71 bits per heavy atom. The van der Waals surface area contributed by atoms with Crippen molar-refractivity contribution in [2.24, 2.45) is 0 Å². The Morgan fingerprint density at radius 1 is 1.19 bits per heavy atom. The normalized spacial score (nSPS) is 16.1. The monoisotopic (exact) mass is 299 g/mol. The first-order valence-corrected chi connectivity index (χ1v) is 8.17. The van der Waals surface area contributed by atoms with Crippen LogP contribution in [0.3, 0.4) is 0 Å². The molecule has 1 radical (unpaired) electrons. The summed E-state index contributed by atoms with van der Waals surface area (Å²) in [4.78, 5) is 17.8. The highest BCUT2D eigenvalue weighted by Crippen LogP contribution is 2.13. The zero-order chi connectivity index (χ0) is 14.5. The first kappa shape index (κ1) is 14.3.